The summed E-state index contributed by atoms with van der Waals surface area (Å²) < 4.78 is 0. The molecular weight excluding hydrogens is 384 g/mol. The van der Waals surface area contributed by atoms with Crippen molar-refractivity contribution >= 4 is 0 Å². The molecule has 2 aromatic carbocycles. The highest BCUT2D eigenvalue weighted by atomic mass is 16.3. The van der Waals surface area contributed by atoms with E-state index in [1.165, 1.54) is 22.3 Å². The Kier molecular flexibility index (Phi) is 4.54. The van der Waals surface area contributed by atoms with Crippen LogP contribution in [0.25, 0.3) is 0 Å². The van der Waals surface area contributed by atoms with Crippen molar-refractivity contribution in [2.75, 3.05) is 0 Å². The van der Waals surface area contributed by atoms with E-state index in [1.54, 1.807) is 0 Å². The summed E-state index contributed by atoms with van der Waals surface area (Å²) in [6.07, 6.45) is 5.94. The number of hydrogen-bond donors (Lipinski definition) is 3. The van der Waals surface area contributed by atoms with Crippen LogP contribution in [-0.4, -0.2) is 15.3 Å². The van der Waals surface area contributed by atoms with Gasteiger partial charge in [0.1, 0.15) is 11.5 Å². The third kappa shape index (κ3) is 2.68. The highest BCUT2D eigenvalue weighted by molar-refractivity contribution is 5.52. The van der Waals surface area contributed by atoms with Gasteiger partial charge in [0.15, 0.2) is 0 Å². The normalized spacial score (nSPS) is 34.2. The van der Waals surface area contributed by atoms with Crippen molar-refractivity contribution in [3.8, 4) is 11.5 Å². The van der Waals surface area contributed by atoms with Gasteiger partial charge in [-0.1, -0.05) is 6.92 Å². The number of aliphatic hydroxyl groups is 1. The molecule has 166 valence electrons. The van der Waals surface area contributed by atoms with E-state index in [4.69, 9.17) is 0 Å². The standard InChI is InChI=1S/C28H36O3/c1-15-14-24(29)25-20(18(15)4)6-7-21-22(25)8-10-27(5)23(21)9-11-28(27,31)19-12-16(2)26(30)17(3)13-19/h12-14,21-23,29-31H,6-11H2,1-5H3/t21-,22+,23+,27+,28-/m1/s1. The highest BCUT2D eigenvalue weighted by Crippen LogP contribution is 2.67. The molecule has 0 aromatic heterocycles. The molecule has 0 spiro atoms. The summed E-state index contributed by atoms with van der Waals surface area (Å²) in [5.41, 5.74) is 6.70. The topological polar surface area (TPSA) is 60.7 Å². The fraction of sp³-hybridized carbons (Fsp3) is 0.571. The third-order valence-electron chi connectivity index (χ3n) is 9.65. The Hall–Kier alpha value is -2.00. The lowest BCUT2D eigenvalue weighted by Crippen LogP contribution is -2.49. The van der Waals surface area contributed by atoms with E-state index in [9.17, 15) is 15.3 Å². The van der Waals surface area contributed by atoms with E-state index < -0.39 is 5.60 Å². The molecule has 3 nitrogen and oxygen atoms in total. The van der Waals surface area contributed by atoms with E-state index in [0.29, 0.717) is 29.3 Å². The van der Waals surface area contributed by atoms with Crippen molar-refractivity contribution in [1.82, 2.24) is 0 Å². The molecule has 0 heterocycles. The lowest BCUT2D eigenvalue weighted by molar-refractivity contribution is -0.108. The maximum atomic E-state index is 12.1. The van der Waals surface area contributed by atoms with E-state index in [-0.39, 0.29) is 5.41 Å². The van der Waals surface area contributed by atoms with Gasteiger partial charge >= 0.3 is 0 Å². The minimum absolute atomic E-state index is 0.184. The summed E-state index contributed by atoms with van der Waals surface area (Å²) >= 11 is 0. The molecule has 0 aliphatic heterocycles. The molecule has 0 saturated heterocycles. The number of phenolic OH excluding ortho intramolecular Hbond substituents is 2. The predicted molar refractivity (Wildman–Crippen MR) is 124 cm³/mol. The van der Waals surface area contributed by atoms with Gasteiger partial charge in [0.2, 0.25) is 0 Å². The van der Waals surface area contributed by atoms with Gasteiger partial charge in [-0.3, -0.25) is 0 Å². The van der Waals surface area contributed by atoms with Crippen molar-refractivity contribution in [2.45, 2.75) is 84.7 Å². The number of benzene rings is 2. The summed E-state index contributed by atoms with van der Waals surface area (Å²) in [6, 6.07) is 5.95. The van der Waals surface area contributed by atoms with Crippen molar-refractivity contribution < 1.29 is 15.3 Å². The zero-order chi connectivity index (χ0) is 22.3. The second-order valence-electron chi connectivity index (χ2n) is 11.0. The lowest BCUT2D eigenvalue weighted by Gasteiger charge is -2.53. The zero-order valence-corrected chi connectivity index (χ0v) is 19.5. The summed E-state index contributed by atoms with van der Waals surface area (Å²) in [5, 5.41) is 33.3. The van der Waals surface area contributed by atoms with Crippen LogP contribution in [0.2, 0.25) is 0 Å². The molecule has 3 aliphatic rings. The Morgan fingerprint density at radius 3 is 2.23 bits per heavy atom. The molecule has 3 N–H and O–H groups in total. The van der Waals surface area contributed by atoms with Crippen molar-refractivity contribution in [3.63, 3.8) is 0 Å². The van der Waals surface area contributed by atoms with Crippen LogP contribution in [0.5, 0.6) is 11.5 Å². The van der Waals surface area contributed by atoms with E-state index in [2.05, 4.69) is 20.8 Å². The molecule has 2 aromatic rings. The number of rotatable bonds is 1. The van der Waals surface area contributed by atoms with Gasteiger partial charge in [-0.25, -0.2) is 0 Å². The molecule has 2 fully saturated rings. The molecule has 5 rings (SSSR count). The summed E-state index contributed by atoms with van der Waals surface area (Å²) in [4.78, 5) is 0. The zero-order valence-electron chi connectivity index (χ0n) is 19.5. The largest absolute Gasteiger partial charge is 0.508 e. The van der Waals surface area contributed by atoms with Gasteiger partial charge < -0.3 is 15.3 Å². The van der Waals surface area contributed by atoms with Gasteiger partial charge in [0.25, 0.3) is 0 Å². The monoisotopic (exact) mass is 420 g/mol. The molecule has 0 radical (unpaired) electrons. The average molecular weight is 421 g/mol. The molecule has 0 bridgehead atoms. The number of fused-ring (bicyclic) bond motifs is 5. The first-order valence-electron chi connectivity index (χ1n) is 11.9. The van der Waals surface area contributed by atoms with Crippen molar-refractivity contribution in [1.29, 1.82) is 0 Å². The van der Waals surface area contributed by atoms with Crippen LogP contribution in [0.15, 0.2) is 18.2 Å². The first-order chi connectivity index (χ1) is 14.6. The lowest BCUT2D eigenvalue weighted by atomic mass is 9.52. The van der Waals surface area contributed by atoms with Crippen LogP contribution in [0.3, 0.4) is 0 Å². The Labute approximate surface area is 186 Å². The second kappa shape index (κ2) is 6.75. The molecule has 3 aliphatic carbocycles. The Bertz CT molecular complexity index is 1050. The Morgan fingerprint density at radius 2 is 1.55 bits per heavy atom. The Morgan fingerprint density at radius 1 is 0.871 bits per heavy atom. The first-order valence-corrected chi connectivity index (χ1v) is 11.9. The minimum atomic E-state index is -0.864. The fourth-order valence-electron chi connectivity index (χ4n) is 7.77. The highest BCUT2D eigenvalue weighted by Gasteiger charge is 2.62. The number of hydrogen-bond acceptors (Lipinski definition) is 3. The van der Waals surface area contributed by atoms with E-state index in [1.807, 2.05) is 32.0 Å². The quantitative estimate of drug-likeness (QED) is 0.524. The molecule has 5 atom stereocenters. The van der Waals surface area contributed by atoms with Gasteiger partial charge in [-0.05, 0) is 136 Å². The SMILES string of the molecule is Cc1cc(O)c2c(c1C)CC[C@@H]1[C@@H]2CC[C@@]2(C)[C@H]1CC[C@@]2(O)c1cc(C)c(O)c(C)c1. The summed E-state index contributed by atoms with van der Waals surface area (Å²) in [5.74, 6) is 2.16. The Balaban J connectivity index is 1.56. The maximum Gasteiger partial charge on any atom is 0.121 e. The smallest absolute Gasteiger partial charge is 0.121 e. The van der Waals surface area contributed by atoms with Crippen LogP contribution in [0.4, 0.5) is 0 Å². The maximum absolute atomic E-state index is 12.1. The van der Waals surface area contributed by atoms with Gasteiger partial charge in [-0.2, -0.15) is 0 Å². The van der Waals surface area contributed by atoms with Crippen LogP contribution in [0.1, 0.15) is 83.9 Å². The number of phenols is 2. The van der Waals surface area contributed by atoms with Crippen LogP contribution >= 0.6 is 0 Å². The van der Waals surface area contributed by atoms with Crippen molar-refractivity contribution in [3.05, 3.63) is 57.1 Å². The molecule has 0 unspecified atom stereocenters. The van der Waals surface area contributed by atoms with Gasteiger partial charge in [0.05, 0.1) is 5.60 Å². The fourth-order valence-corrected chi connectivity index (χ4v) is 7.77. The molecular formula is C28H36O3. The van der Waals surface area contributed by atoms with Crippen LogP contribution in [-0.2, 0) is 12.0 Å². The van der Waals surface area contributed by atoms with E-state index in [0.717, 1.165) is 55.2 Å². The minimum Gasteiger partial charge on any atom is -0.508 e. The van der Waals surface area contributed by atoms with Crippen LogP contribution in [0, 0.1) is 44.9 Å². The summed E-state index contributed by atoms with van der Waals surface area (Å²) in [6.45, 7) is 10.4. The molecule has 3 heteroatoms. The molecule has 31 heavy (non-hydrogen) atoms. The number of aromatic hydroxyl groups is 2. The number of aryl methyl sites for hydroxylation is 3. The van der Waals surface area contributed by atoms with Gasteiger partial charge in [0, 0.05) is 11.0 Å². The molecule has 0 amide bonds. The van der Waals surface area contributed by atoms with E-state index >= 15 is 0 Å². The predicted octanol–water partition coefficient (Wildman–Crippen LogP) is 6.08. The average Bonchev–Trinajstić information content (AvgIpc) is 3.01. The molecule has 2 saturated carbocycles. The summed E-state index contributed by atoms with van der Waals surface area (Å²) in [7, 11) is 0. The van der Waals surface area contributed by atoms with Crippen molar-refractivity contribution in [2.24, 2.45) is 17.3 Å². The third-order valence-corrected chi connectivity index (χ3v) is 9.65. The second-order valence-corrected chi connectivity index (χ2v) is 11.0. The first kappa shape index (κ1) is 20.9. The van der Waals surface area contributed by atoms with Crippen LogP contribution < -0.4 is 0 Å². The van der Waals surface area contributed by atoms with Gasteiger partial charge in [-0.15, -0.1) is 0 Å².